The van der Waals surface area contributed by atoms with Crippen LogP contribution in [0.3, 0.4) is 0 Å². The lowest BCUT2D eigenvalue weighted by Gasteiger charge is -2.27. The van der Waals surface area contributed by atoms with Gasteiger partial charge < -0.3 is 9.80 Å². The molecule has 3 heteroatoms. The first-order chi connectivity index (χ1) is 27.5. The monoisotopic (exact) mass is 734 g/mol. The molecule has 2 nitrogen and oxygen atoms in total. The Hall–Kier alpha value is -6.68. The highest BCUT2D eigenvalue weighted by molar-refractivity contribution is 7.26. The van der Waals surface area contributed by atoms with Crippen molar-refractivity contribution in [3.8, 4) is 11.1 Å². The van der Waals surface area contributed by atoms with Crippen LogP contribution in [-0.4, -0.2) is 0 Å². The minimum Gasteiger partial charge on any atom is -0.310 e. The quantitative estimate of drug-likeness (QED) is 0.168. The molecule has 266 valence electrons. The van der Waals surface area contributed by atoms with Crippen LogP contribution in [0.4, 0.5) is 34.1 Å². The number of anilines is 6. The fourth-order valence-corrected chi connectivity index (χ4v) is 10.2. The van der Waals surface area contributed by atoms with Crippen molar-refractivity contribution in [2.75, 3.05) is 9.80 Å². The summed E-state index contributed by atoms with van der Waals surface area (Å²) in [6.07, 6.45) is 0. The number of thiophene rings is 1. The Morgan fingerprint density at radius 2 is 0.946 bits per heavy atom. The fourth-order valence-electron chi connectivity index (χ4n) is 9.02. The van der Waals surface area contributed by atoms with Gasteiger partial charge in [0.25, 0.3) is 0 Å². The molecule has 56 heavy (non-hydrogen) atoms. The normalized spacial score (nSPS) is 13.0. The van der Waals surface area contributed by atoms with Crippen LogP contribution in [0.25, 0.3) is 52.8 Å². The molecule has 11 rings (SSSR count). The molecule has 0 N–H and O–H groups in total. The van der Waals surface area contributed by atoms with Gasteiger partial charge in [0.1, 0.15) is 0 Å². The average molecular weight is 735 g/mol. The highest BCUT2D eigenvalue weighted by atomic mass is 32.1. The van der Waals surface area contributed by atoms with E-state index in [1.165, 1.54) is 69.7 Å². The topological polar surface area (TPSA) is 6.48 Å². The number of nitrogens with zero attached hydrogens (tertiary/aromatic N) is 2. The van der Waals surface area contributed by atoms with Crippen LogP contribution in [0.1, 0.15) is 25.0 Å². The number of hydrogen-bond acceptors (Lipinski definition) is 3. The van der Waals surface area contributed by atoms with E-state index in [1.54, 1.807) is 0 Å². The van der Waals surface area contributed by atoms with Crippen LogP contribution in [0.2, 0.25) is 0 Å². The Kier molecular flexibility index (Phi) is 7.42. The lowest BCUT2D eigenvalue weighted by molar-refractivity contribution is 0.660. The van der Waals surface area contributed by atoms with E-state index in [0.717, 1.165) is 28.4 Å². The van der Waals surface area contributed by atoms with E-state index in [4.69, 9.17) is 0 Å². The van der Waals surface area contributed by atoms with Crippen molar-refractivity contribution >= 4 is 87.2 Å². The largest absolute Gasteiger partial charge is 0.310 e. The molecule has 1 aliphatic rings. The van der Waals surface area contributed by atoms with E-state index in [9.17, 15) is 0 Å². The number of fused-ring (bicyclic) bond motifs is 8. The van der Waals surface area contributed by atoms with E-state index in [2.05, 4.69) is 218 Å². The highest BCUT2D eigenvalue weighted by Crippen LogP contribution is 2.51. The predicted molar refractivity (Wildman–Crippen MR) is 241 cm³/mol. The van der Waals surface area contributed by atoms with Gasteiger partial charge in [-0.3, -0.25) is 0 Å². The summed E-state index contributed by atoms with van der Waals surface area (Å²) in [5, 5.41) is 7.44. The fraction of sp³-hybridized carbons (Fsp3) is 0.0566. The molecule has 0 amide bonds. The SMILES string of the molecule is CC1(C)c2ccccc2-c2cc(N(c3ccccc3)c3ccc4sc5c(N(c6ccc7ccccc7c6)c6ccc7ccccc7c6)cccc5c4c3)ccc21. The average Bonchev–Trinajstić information content (AvgIpc) is 3.73. The van der Waals surface area contributed by atoms with Gasteiger partial charge in [0, 0.05) is 49.3 Å². The van der Waals surface area contributed by atoms with E-state index >= 15 is 0 Å². The smallest absolute Gasteiger partial charge is 0.0640 e. The Bertz CT molecular complexity index is 3060. The standard InChI is InChI=1S/C53H38N2S/c1-53(2)48-21-11-10-19-44(48)46-33-42(27-29-49(46)53)54(39-17-4-3-5-18-39)43-28-30-51-47(34-43)45-20-12-22-50(52(45)56-51)55(40-25-23-35-13-6-8-15-37(35)31-40)41-26-24-36-14-7-9-16-38(36)32-41/h3-34H,1-2H3. The zero-order chi connectivity index (χ0) is 37.4. The minimum absolute atomic E-state index is 0.0399. The molecule has 1 heterocycles. The van der Waals surface area contributed by atoms with Crippen molar-refractivity contribution in [1.29, 1.82) is 0 Å². The van der Waals surface area contributed by atoms with Crippen molar-refractivity contribution < 1.29 is 0 Å². The van der Waals surface area contributed by atoms with Gasteiger partial charge in [-0.15, -0.1) is 11.3 Å². The lowest BCUT2D eigenvalue weighted by atomic mass is 9.82. The van der Waals surface area contributed by atoms with Crippen LogP contribution >= 0.6 is 11.3 Å². The van der Waals surface area contributed by atoms with Crippen LogP contribution in [0.15, 0.2) is 194 Å². The molecule has 0 unspecified atom stereocenters. The van der Waals surface area contributed by atoms with Crippen LogP contribution in [0, 0.1) is 0 Å². The maximum atomic E-state index is 2.44. The van der Waals surface area contributed by atoms with Crippen molar-refractivity contribution in [1.82, 2.24) is 0 Å². The van der Waals surface area contributed by atoms with Gasteiger partial charge >= 0.3 is 0 Å². The first-order valence-electron chi connectivity index (χ1n) is 19.3. The third-order valence-electron chi connectivity index (χ3n) is 11.8. The van der Waals surface area contributed by atoms with Crippen LogP contribution in [0.5, 0.6) is 0 Å². The van der Waals surface area contributed by atoms with Crippen molar-refractivity contribution in [3.05, 3.63) is 205 Å². The molecule has 0 bridgehead atoms. The van der Waals surface area contributed by atoms with Crippen molar-refractivity contribution in [2.45, 2.75) is 19.3 Å². The van der Waals surface area contributed by atoms with E-state index in [0.29, 0.717) is 0 Å². The molecule has 0 saturated carbocycles. The zero-order valence-corrected chi connectivity index (χ0v) is 32.1. The molecule has 0 radical (unpaired) electrons. The molecule has 0 atom stereocenters. The first kappa shape index (κ1) is 32.7. The Morgan fingerprint density at radius 3 is 1.68 bits per heavy atom. The van der Waals surface area contributed by atoms with E-state index in [-0.39, 0.29) is 5.41 Å². The summed E-state index contributed by atoms with van der Waals surface area (Å²) in [5.41, 5.74) is 12.3. The maximum absolute atomic E-state index is 2.44. The summed E-state index contributed by atoms with van der Waals surface area (Å²) in [6.45, 7) is 4.69. The molecule has 0 spiro atoms. The van der Waals surface area contributed by atoms with Gasteiger partial charge in [0.2, 0.25) is 0 Å². The van der Waals surface area contributed by atoms with Crippen molar-refractivity contribution in [3.63, 3.8) is 0 Å². The predicted octanol–water partition coefficient (Wildman–Crippen LogP) is 15.6. The number of benzene rings is 9. The minimum atomic E-state index is -0.0399. The summed E-state index contributed by atoms with van der Waals surface area (Å²) >= 11 is 1.87. The number of rotatable bonds is 6. The molecular formula is C53H38N2S. The Balaban J connectivity index is 1.09. The maximum Gasteiger partial charge on any atom is 0.0640 e. The zero-order valence-electron chi connectivity index (χ0n) is 31.3. The number of hydrogen-bond donors (Lipinski definition) is 0. The van der Waals surface area contributed by atoms with Gasteiger partial charge in [0.15, 0.2) is 0 Å². The van der Waals surface area contributed by atoms with Gasteiger partial charge in [-0.1, -0.05) is 135 Å². The van der Waals surface area contributed by atoms with Gasteiger partial charge in [-0.2, -0.15) is 0 Å². The van der Waals surface area contributed by atoms with Crippen LogP contribution < -0.4 is 9.80 Å². The summed E-state index contributed by atoms with van der Waals surface area (Å²) in [6, 6.07) is 71.4. The summed E-state index contributed by atoms with van der Waals surface area (Å²) in [5.74, 6) is 0. The molecule has 9 aromatic carbocycles. The first-order valence-corrected chi connectivity index (χ1v) is 20.2. The molecular weight excluding hydrogens is 697 g/mol. The highest BCUT2D eigenvalue weighted by Gasteiger charge is 2.35. The molecule has 1 aliphatic carbocycles. The molecule has 1 aromatic heterocycles. The van der Waals surface area contributed by atoms with E-state index < -0.39 is 0 Å². The molecule has 10 aromatic rings. The summed E-state index contributed by atoms with van der Waals surface area (Å²) in [4.78, 5) is 4.86. The Morgan fingerprint density at radius 1 is 0.375 bits per heavy atom. The Labute approximate surface area is 331 Å². The molecule has 0 aliphatic heterocycles. The second kappa shape index (κ2) is 12.7. The second-order valence-electron chi connectivity index (χ2n) is 15.4. The summed E-state index contributed by atoms with van der Waals surface area (Å²) in [7, 11) is 0. The molecule has 0 saturated heterocycles. The lowest BCUT2D eigenvalue weighted by Crippen LogP contribution is -2.15. The summed E-state index contributed by atoms with van der Waals surface area (Å²) < 4.78 is 2.54. The van der Waals surface area contributed by atoms with Gasteiger partial charge in [0.05, 0.1) is 10.4 Å². The van der Waals surface area contributed by atoms with Gasteiger partial charge in [-0.25, -0.2) is 0 Å². The van der Waals surface area contributed by atoms with E-state index in [1.807, 2.05) is 11.3 Å². The van der Waals surface area contributed by atoms with Gasteiger partial charge in [-0.05, 0) is 117 Å². The van der Waals surface area contributed by atoms with Crippen molar-refractivity contribution in [2.24, 2.45) is 0 Å². The molecule has 0 fully saturated rings. The van der Waals surface area contributed by atoms with Crippen LogP contribution in [-0.2, 0) is 5.41 Å². The third-order valence-corrected chi connectivity index (χ3v) is 13.0. The second-order valence-corrected chi connectivity index (χ2v) is 16.5. The number of para-hydroxylation sites is 1. The third kappa shape index (κ3) is 5.16.